The van der Waals surface area contributed by atoms with E-state index in [2.05, 4.69) is 0 Å². The molecule has 0 bridgehead atoms. The average Bonchev–Trinajstić information content (AvgIpc) is 2.31. The Kier molecular flexibility index (Phi) is 3.83. The Morgan fingerprint density at radius 2 is 2.36 bits per heavy atom. The molecule has 1 aliphatic rings. The molecule has 0 aromatic rings. The van der Waals surface area contributed by atoms with Crippen LogP contribution in [0.3, 0.4) is 0 Å². The third-order valence-corrected chi connectivity index (χ3v) is 3.26. The van der Waals surface area contributed by atoms with Gasteiger partial charge in [-0.15, -0.1) is 0 Å². The van der Waals surface area contributed by atoms with Crippen molar-refractivity contribution in [1.82, 2.24) is 0 Å². The maximum atomic E-state index is 10.1. The molecule has 0 aliphatic carbocycles. The lowest BCUT2D eigenvalue weighted by Crippen LogP contribution is -2.30. The monoisotopic (exact) mass is 196 g/mol. The Morgan fingerprint density at radius 3 is 2.82 bits per heavy atom. The molecule has 0 spiro atoms. The van der Waals surface area contributed by atoms with Crippen molar-refractivity contribution in [2.75, 3.05) is 12.8 Å². The van der Waals surface area contributed by atoms with Crippen molar-refractivity contribution in [3.05, 3.63) is 0 Å². The zero-order valence-electron chi connectivity index (χ0n) is 5.80. The van der Waals surface area contributed by atoms with E-state index in [0.29, 0.717) is 6.16 Å². The number of aliphatic hydroxyl groups is 2. The number of rotatable bonds is 3. The Balaban J connectivity index is 2.29. The van der Waals surface area contributed by atoms with Gasteiger partial charge < -0.3 is 14.9 Å². The van der Waals surface area contributed by atoms with Gasteiger partial charge in [-0.05, 0) is 8.27 Å². The van der Waals surface area contributed by atoms with Crippen LogP contribution in [0.25, 0.3) is 0 Å². The maximum absolute atomic E-state index is 10.1. The van der Waals surface area contributed by atoms with Crippen molar-refractivity contribution in [2.24, 2.45) is 0 Å². The van der Waals surface area contributed by atoms with E-state index in [0.717, 1.165) is 0 Å². The van der Waals surface area contributed by atoms with Crippen LogP contribution in [0.15, 0.2) is 0 Å². The Morgan fingerprint density at radius 1 is 1.64 bits per heavy atom. The second-order valence-corrected chi connectivity index (χ2v) is 4.79. The average molecular weight is 196 g/mol. The Bertz CT molecular complexity index is 142. The summed E-state index contributed by atoms with van der Waals surface area (Å²) in [4.78, 5) is 0. The molecule has 1 heterocycles. The van der Waals surface area contributed by atoms with Crippen molar-refractivity contribution >= 4 is 16.4 Å². The summed E-state index contributed by atoms with van der Waals surface area (Å²) in [5.74, 6) is 0. The van der Waals surface area contributed by atoms with Gasteiger partial charge >= 0.3 is 0 Å². The molecule has 0 radical (unpaired) electrons. The molecule has 64 valence electrons. The van der Waals surface area contributed by atoms with Crippen molar-refractivity contribution in [2.45, 2.75) is 18.3 Å². The minimum Gasteiger partial charge on any atom is -0.388 e. The zero-order valence-corrected chi connectivity index (χ0v) is 7.70. The van der Waals surface area contributed by atoms with E-state index in [9.17, 15) is 9.67 Å². The number of hydrogen-bond acceptors (Lipinski definition) is 4. The lowest BCUT2D eigenvalue weighted by Gasteiger charge is -2.11. The second kappa shape index (κ2) is 4.44. The summed E-state index contributed by atoms with van der Waals surface area (Å²) in [5.41, 5.74) is 0. The molecule has 0 aromatic heterocycles. The predicted molar refractivity (Wildman–Crippen MR) is 42.5 cm³/mol. The van der Waals surface area contributed by atoms with Crippen LogP contribution >= 0.6 is 16.4 Å². The van der Waals surface area contributed by atoms with E-state index in [1.165, 1.54) is 0 Å². The molecule has 11 heavy (non-hydrogen) atoms. The summed E-state index contributed by atoms with van der Waals surface area (Å²) in [5, 5.41) is 18.2. The molecule has 2 N–H and O–H groups in total. The lowest BCUT2D eigenvalue weighted by atomic mass is 10.2. The largest absolute Gasteiger partial charge is 0.388 e. The summed E-state index contributed by atoms with van der Waals surface area (Å²) in [6, 6.07) is 0. The first-order valence-electron chi connectivity index (χ1n) is 3.28. The normalized spacial score (nSPS) is 39.3. The highest BCUT2D eigenvalue weighted by atomic mass is 32.0. The van der Waals surface area contributed by atoms with Gasteiger partial charge in [0.25, 0.3) is 0 Å². The van der Waals surface area contributed by atoms with Crippen LogP contribution in [0, 0.1) is 0 Å². The number of aliphatic hydroxyl groups excluding tert-OH is 2. The topological polar surface area (TPSA) is 66.8 Å². The van der Waals surface area contributed by atoms with Gasteiger partial charge in [0.1, 0.15) is 12.2 Å². The molecule has 4 atom stereocenters. The zero-order chi connectivity index (χ0) is 8.27. The summed E-state index contributed by atoms with van der Waals surface area (Å²) < 4.78 is 15.1. The molecule has 1 unspecified atom stereocenters. The highest BCUT2D eigenvalue weighted by molar-refractivity contribution is 8.05. The molecule has 6 heteroatoms. The smallest absolute Gasteiger partial charge is 0.177 e. The first kappa shape index (κ1) is 9.50. The van der Waals surface area contributed by atoms with Crippen LogP contribution in [0.1, 0.15) is 0 Å². The molecule has 0 aromatic carbocycles. The van der Waals surface area contributed by atoms with Gasteiger partial charge in [-0.25, -0.2) is 0 Å². The third kappa shape index (κ3) is 2.43. The van der Waals surface area contributed by atoms with Crippen molar-refractivity contribution in [3.63, 3.8) is 0 Å². The van der Waals surface area contributed by atoms with Crippen LogP contribution in [0.2, 0.25) is 0 Å². The molecule has 1 fully saturated rings. The van der Waals surface area contributed by atoms with Crippen molar-refractivity contribution in [1.29, 1.82) is 0 Å². The van der Waals surface area contributed by atoms with E-state index < -0.39 is 12.2 Å². The quantitative estimate of drug-likeness (QED) is 0.623. The Labute approximate surface area is 67.8 Å². The van der Waals surface area contributed by atoms with Gasteiger partial charge in [0.05, 0.1) is 12.7 Å². The van der Waals surface area contributed by atoms with E-state index in [-0.39, 0.29) is 29.1 Å². The van der Waals surface area contributed by atoms with Gasteiger partial charge in [-0.2, -0.15) is 0 Å². The number of ether oxygens (including phenoxy) is 1. The lowest BCUT2D eigenvalue weighted by molar-refractivity contribution is 0.0336. The molecule has 0 saturated carbocycles. The fraction of sp³-hybridized carbons (Fsp3) is 1.00. The maximum Gasteiger partial charge on any atom is 0.177 e. The molecule has 1 rings (SSSR count). The second-order valence-electron chi connectivity index (χ2n) is 2.38. The van der Waals surface area contributed by atoms with Crippen molar-refractivity contribution < 1.29 is 19.5 Å². The fourth-order valence-corrected chi connectivity index (χ4v) is 2.35. The van der Waals surface area contributed by atoms with Gasteiger partial charge in [-0.3, -0.25) is 4.57 Å². The van der Waals surface area contributed by atoms with Gasteiger partial charge in [0.2, 0.25) is 0 Å². The standard InChI is InChI=1S/C5H10O4P2/c6-3-1-9-4(5(3)7)2-10-11-8/h3-7,10H,1-2H2/t3-,4+,5-/m0/s1. The van der Waals surface area contributed by atoms with E-state index in [4.69, 9.17) is 9.84 Å². The fourth-order valence-electron chi connectivity index (χ4n) is 0.974. The first-order valence-corrected chi connectivity index (χ1v) is 6.14. The predicted octanol–water partition coefficient (Wildman–Crippen LogP) is -0.00780. The summed E-state index contributed by atoms with van der Waals surface area (Å²) in [6.45, 7) is 0.187. The summed E-state index contributed by atoms with van der Waals surface area (Å²) in [7, 11) is 0.329. The van der Waals surface area contributed by atoms with Gasteiger partial charge in [-0.1, -0.05) is 0 Å². The molecule has 0 amide bonds. The number of hydrogen-bond donors (Lipinski definition) is 2. The van der Waals surface area contributed by atoms with Crippen LogP contribution in [0.5, 0.6) is 0 Å². The molecular weight excluding hydrogens is 186 g/mol. The van der Waals surface area contributed by atoms with Crippen LogP contribution in [0.4, 0.5) is 0 Å². The van der Waals surface area contributed by atoms with Gasteiger partial charge in [0, 0.05) is 6.16 Å². The highest BCUT2D eigenvalue weighted by Gasteiger charge is 2.33. The first-order chi connectivity index (χ1) is 5.25. The minimum absolute atomic E-state index is 0.0840. The molecule has 1 aliphatic heterocycles. The molecule has 4 nitrogen and oxygen atoms in total. The van der Waals surface area contributed by atoms with Crippen LogP contribution < -0.4 is 0 Å². The highest BCUT2D eigenvalue weighted by Crippen LogP contribution is 2.30. The van der Waals surface area contributed by atoms with E-state index in [1.54, 1.807) is 0 Å². The summed E-state index contributed by atoms with van der Waals surface area (Å²) in [6.07, 6.45) is -1.34. The van der Waals surface area contributed by atoms with Gasteiger partial charge in [0.15, 0.2) is 8.15 Å². The van der Waals surface area contributed by atoms with Crippen LogP contribution in [-0.4, -0.2) is 41.3 Å². The van der Waals surface area contributed by atoms with Crippen LogP contribution in [-0.2, 0) is 9.30 Å². The minimum atomic E-state index is -0.802. The SMILES string of the molecule is O=PPC[C@H]1OC[C@H](O)[C@@H]1O. The van der Waals surface area contributed by atoms with E-state index >= 15 is 0 Å². The Hall–Kier alpha value is 0.410. The third-order valence-electron chi connectivity index (χ3n) is 1.61. The van der Waals surface area contributed by atoms with Crippen molar-refractivity contribution in [3.8, 4) is 0 Å². The van der Waals surface area contributed by atoms with E-state index in [1.807, 2.05) is 0 Å². The molecule has 1 saturated heterocycles. The summed E-state index contributed by atoms with van der Waals surface area (Å²) >= 11 is 0. The molecular formula is C5H10O4P2.